The van der Waals surface area contributed by atoms with Gasteiger partial charge >= 0.3 is 5.97 Å². The van der Waals surface area contributed by atoms with Gasteiger partial charge in [0.25, 0.3) is 0 Å². The molecule has 0 fully saturated rings. The van der Waals surface area contributed by atoms with E-state index in [2.05, 4.69) is 27.7 Å². The normalized spacial score (nSPS) is 11.8. The van der Waals surface area contributed by atoms with E-state index in [1.807, 2.05) is 21.1 Å². The number of carboxylic acid groups (broad SMARTS) is 1. The lowest BCUT2D eigenvalue weighted by molar-refractivity contribution is -0.862. The van der Waals surface area contributed by atoms with E-state index in [-0.39, 0.29) is 6.54 Å². The number of nitrogens with zero attached hydrogens (tertiary/aromatic N) is 1. The molecule has 4 heteroatoms. The second kappa shape index (κ2) is 16.1. The van der Waals surface area contributed by atoms with Crippen LogP contribution in [-0.4, -0.2) is 67.9 Å². The third kappa shape index (κ3) is 18.4. The number of hydrogen-bond donors (Lipinski definition) is 1. The van der Waals surface area contributed by atoms with Crippen LogP contribution >= 0.6 is 7.26 Å². The molecule has 0 radical (unpaired) electrons. The number of rotatable bonds is 14. The molecule has 0 aliphatic carbocycles. The maximum absolute atomic E-state index is 10.00. The molecule has 0 saturated heterocycles. The van der Waals surface area contributed by atoms with Crippen molar-refractivity contribution in [2.45, 2.75) is 79.1 Å². The van der Waals surface area contributed by atoms with Gasteiger partial charge in [0.1, 0.15) is 0 Å². The first-order valence-corrected chi connectivity index (χ1v) is 13.1. The van der Waals surface area contributed by atoms with Crippen molar-refractivity contribution in [3.05, 3.63) is 0 Å². The highest BCUT2D eigenvalue weighted by Gasteiger charge is 2.34. The maximum atomic E-state index is 10.00. The zero-order valence-corrected chi connectivity index (χ0v) is 19.3. The number of aliphatic carboxylic acids is 1. The van der Waals surface area contributed by atoms with Crippen LogP contribution in [0.4, 0.5) is 0 Å². The SMILES string of the molecule is CCCC[P+](CCCC)(CCCC)CCCC.C[N+](C)(C)CC(=O)O. The van der Waals surface area contributed by atoms with Gasteiger partial charge in [-0.05, 0) is 25.7 Å². The summed E-state index contributed by atoms with van der Waals surface area (Å²) in [5, 5.41) is 8.23. The fourth-order valence-corrected chi connectivity index (χ4v) is 8.34. The summed E-state index contributed by atoms with van der Waals surface area (Å²) in [6.45, 7) is 9.60. The molecule has 0 aromatic heterocycles. The van der Waals surface area contributed by atoms with Crippen LogP contribution in [-0.2, 0) is 4.79 Å². The average Bonchev–Trinajstić information content (AvgIpc) is 2.52. The summed E-state index contributed by atoms with van der Waals surface area (Å²) in [7, 11) is 4.96. The zero-order valence-electron chi connectivity index (χ0n) is 18.4. The smallest absolute Gasteiger partial charge is 0.359 e. The molecule has 0 bridgehead atoms. The van der Waals surface area contributed by atoms with E-state index in [1.165, 1.54) is 51.4 Å². The molecule has 0 aromatic carbocycles. The molecule has 0 heterocycles. The van der Waals surface area contributed by atoms with Gasteiger partial charge in [0.15, 0.2) is 6.54 Å². The topological polar surface area (TPSA) is 37.3 Å². The Bertz CT molecular complexity index is 276. The van der Waals surface area contributed by atoms with Gasteiger partial charge < -0.3 is 9.59 Å². The molecule has 1 N–H and O–H groups in total. The van der Waals surface area contributed by atoms with Gasteiger partial charge in [-0.1, -0.05) is 53.4 Å². The summed E-state index contributed by atoms with van der Waals surface area (Å²) in [5.41, 5.74) is 0. The number of carbonyl (C=O) groups is 1. The minimum absolute atomic E-state index is 0.181. The van der Waals surface area contributed by atoms with Gasteiger partial charge in [-0.15, -0.1) is 0 Å². The summed E-state index contributed by atoms with van der Waals surface area (Å²) >= 11 is 0. The summed E-state index contributed by atoms with van der Waals surface area (Å²) in [6, 6.07) is 0. The van der Waals surface area contributed by atoms with Crippen LogP contribution in [0.5, 0.6) is 0 Å². The van der Waals surface area contributed by atoms with Gasteiger partial charge in [0.2, 0.25) is 0 Å². The van der Waals surface area contributed by atoms with E-state index in [4.69, 9.17) is 5.11 Å². The second-order valence-corrected chi connectivity index (χ2v) is 13.0. The largest absolute Gasteiger partial charge is 0.477 e. The number of likely N-dealkylation sites (N-methyl/N-ethyl adjacent to an activating group) is 1. The Hall–Kier alpha value is -0.140. The van der Waals surface area contributed by atoms with E-state index in [9.17, 15) is 4.79 Å². The molecule has 3 nitrogen and oxygen atoms in total. The van der Waals surface area contributed by atoms with Crippen LogP contribution in [0.15, 0.2) is 0 Å². The first kappa shape index (κ1) is 27.1. The Labute approximate surface area is 159 Å². The van der Waals surface area contributed by atoms with Crippen molar-refractivity contribution >= 4 is 13.2 Å². The van der Waals surface area contributed by atoms with Crippen molar-refractivity contribution < 1.29 is 14.4 Å². The fourth-order valence-electron chi connectivity index (χ4n) is 3.05. The highest BCUT2D eigenvalue weighted by atomic mass is 31.2. The van der Waals surface area contributed by atoms with E-state index in [1.54, 1.807) is 24.6 Å². The predicted molar refractivity (Wildman–Crippen MR) is 117 cm³/mol. The highest BCUT2D eigenvalue weighted by molar-refractivity contribution is 7.75. The molecule has 0 atom stereocenters. The molecular formula is C21H48NO2P+2. The Morgan fingerprint density at radius 1 is 0.720 bits per heavy atom. The monoisotopic (exact) mass is 377 g/mol. The first-order chi connectivity index (χ1) is 11.7. The molecule has 0 amide bonds. The van der Waals surface area contributed by atoms with Crippen molar-refractivity contribution in [1.29, 1.82) is 0 Å². The quantitative estimate of drug-likeness (QED) is 0.298. The van der Waals surface area contributed by atoms with Crippen LogP contribution in [0.1, 0.15) is 79.1 Å². The van der Waals surface area contributed by atoms with E-state index in [0.717, 1.165) is 0 Å². The van der Waals surface area contributed by atoms with Crippen LogP contribution in [0.2, 0.25) is 0 Å². The molecule has 0 unspecified atom stereocenters. The van der Waals surface area contributed by atoms with Crippen LogP contribution in [0.3, 0.4) is 0 Å². The van der Waals surface area contributed by atoms with Crippen LogP contribution in [0.25, 0.3) is 0 Å². The van der Waals surface area contributed by atoms with Crippen LogP contribution in [0, 0.1) is 0 Å². The Morgan fingerprint density at radius 2 is 1.00 bits per heavy atom. The van der Waals surface area contributed by atoms with E-state index < -0.39 is 13.2 Å². The summed E-state index contributed by atoms with van der Waals surface area (Å²) < 4.78 is 0.481. The number of unbranched alkanes of at least 4 members (excludes halogenated alkanes) is 4. The first-order valence-electron chi connectivity index (χ1n) is 10.5. The lowest BCUT2D eigenvalue weighted by Gasteiger charge is -2.28. The Kier molecular flexibility index (Phi) is 17.4. The standard InChI is InChI=1S/C16H36P.C5H11NO2/c1-5-9-13-17(14-10-6-2,15-11-7-3)16-12-8-4;1-6(2,3)4-5(7)8/h5-16H2,1-4H3;4H2,1-3H3/q+1;/p+1. The minimum atomic E-state index is -0.752. The van der Waals surface area contributed by atoms with Gasteiger partial charge in [0.05, 0.1) is 45.8 Å². The van der Waals surface area contributed by atoms with Crippen molar-refractivity contribution in [2.75, 3.05) is 52.3 Å². The lowest BCUT2D eigenvalue weighted by atomic mass is 10.4. The zero-order chi connectivity index (χ0) is 19.8. The third-order valence-electron chi connectivity index (χ3n) is 4.55. The van der Waals surface area contributed by atoms with Crippen molar-refractivity contribution in [2.24, 2.45) is 0 Å². The third-order valence-corrected chi connectivity index (χ3v) is 9.61. The number of quaternary nitrogens is 1. The van der Waals surface area contributed by atoms with E-state index >= 15 is 0 Å². The molecule has 0 aliphatic rings. The fraction of sp³-hybridized carbons (Fsp3) is 0.952. The minimum Gasteiger partial charge on any atom is -0.477 e. The summed E-state index contributed by atoms with van der Waals surface area (Å²) in [4.78, 5) is 10.00. The predicted octanol–water partition coefficient (Wildman–Crippen LogP) is 5.98. The van der Waals surface area contributed by atoms with Crippen molar-refractivity contribution in [3.8, 4) is 0 Å². The Morgan fingerprint density at radius 3 is 1.12 bits per heavy atom. The molecule has 0 spiro atoms. The summed E-state index contributed by atoms with van der Waals surface area (Å²) in [6.07, 6.45) is 17.9. The van der Waals surface area contributed by atoms with Crippen molar-refractivity contribution in [3.63, 3.8) is 0 Å². The second-order valence-electron chi connectivity index (χ2n) is 8.49. The number of hydrogen-bond acceptors (Lipinski definition) is 1. The molecule has 152 valence electrons. The highest BCUT2D eigenvalue weighted by Crippen LogP contribution is 2.61. The molecule has 0 aliphatic heterocycles. The molecule has 25 heavy (non-hydrogen) atoms. The average molecular weight is 378 g/mol. The van der Waals surface area contributed by atoms with Gasteiger partial charge in [-0.3, -0.25) is 0 Å². The van der Waals surface area contributed by atoms with Gasteiger partial charge in [-0.25, -0.2) is 4.79 Å². The van der Waals surface area contributed by atoms with Gasteiger partial charge in [0, 0.05) is 7.26 Å². The van der Waals surface area contributed by atoms with Crippen molar-refractivity contribution in [1.82, 2.24) is 0 Å². The molecule has 0 rings (SSSR count). The Balaban J connectivity index is 0. The molecule has 0 saturated carbocycles. The number of carboxylic acids is 1. The van der Waals surface area contributed by atoms with E-state index in [0.29, 0.717) is 4.48 Å². The molecule has 0 aromatic rings. The molecular weight excluding hydrogens is 329 g/mol. The maximum Gasteiger partial charge on any atom is 0.359 e. The van der Waals surface area contributed by atoms with Crippen LogP contribution < -0.4 is 0 Å². The summed E-state index contributed by atoms with van der Waals surface area (Å²) in [5.74, 6) is -0.752. The van der Waals surface area contributed by atoms with Gasteiger partial charge in [-0.2, -0.15) is 0 Å². The lowest BCUT2D eigenvalue weighted by Crippen LogP contribution is -2.39.